The third kappa shape index (κ3) is 5.95. The highest BCUT2D eigenvalue weighted by Gasteiger charge is 2.36. The van der Waals surface area contributed by atoms with Crippen molar-refractivity contribution in [3.8, 4) is 0 Å². The number of nitrogens with zero attached hydrogens (tertiary/aromatic N) is 3. The average molecular weight is 556 g/mol. The number of halogens is 1. The summed E-state index contributed by atoms with van der Waals surface area (Å²) in [4.78, 5) is 26.4. The van der Waals surface area contributed by atoms with Gasteiger partial charge in [0.1, 0.15) is 6.61 Å². The molecule has 2 aliphatic heterocycles. The molecule has 0 aliphatic carbocycles. The van der Waals surface area contributed by atoms with Crippen molar-refractivity contribution < 1.29 is 23.5 Å². The summed E-state index contributed by atoms with van der Waals surface area (Å²) in [7, 11) is 0. The van der Waals surface area contributed by atoms with Gasteiger partial charge in [-0.3, -0.25) is 9.28 Å². The molecule has 1 aromatic heterocycles. The van der Waals surface area contributed by atoms with Crippen molar-refractivity contribution in [3.05, 3.63) is 64.7 Å². The predicted octanol–water partition coefficient (Wildman–Crippen LogP) is 5.40. The maximum Gasteiger partial charge on any atom is 0.512 e. The molecular formula is C28H32ClN4O4S+. The van der Waals surface area contributed by atoms with E-state index in [1.165, 1.54) is 21.6 Å². The van der Waals surface area contributed by atoms with Crippen molar-refractivity contribution >= 4 is 56.8 Å². The third-order valence-electron chi connectivity index (χ3n) is 7.26. The molecule has 0 saturated carbocycles. The molecule has 3 heterocycles. The minimum Gasteiger partial charge on any atom is -0.430 e. The number of ether oxygens (including phenoxy) is 2. The number of quaternary nitrogens is 1. The van der Waals surface area contributed by atoms with Gasteiger partial charge in [0.25, 0.3) is 0 Å². The molecule has 5 rings (SSSR count). The Hall–Kier alpha value is -3.14. The van der Waals surface area contributed by atoms with Crippen molar-refractivity contribution in [2.45, 2.75) is 26.2 Å². The molecule has 10 heteroatoms. The van der Waals surface area contributed by atoms with Crippen LogP contribution in [0.2, 0.25) is 5.02 Å². The summed E-state index contributed by atoms with van der Waals surface area (Å²) in [5, 5.41) is 4.66. The van der Waals surface area contributed by atoms with Gasteiger partial charge in [-0.1, -0.05) is 48.9 Å². The van der Waals surface area contributed by atoms with E-state index < -0.39 is 6.16 Å². The quantitative estimate of drug-likeness (QED) is 0.216. The summed E-state index contributed by atoms with van der Waals surface area (Å²) >= 11 is 8.11. The first-order valence-electron chi connectivity index (χ1n) is 13.0. The number of hydrogen-bond donors (Lipinski definition) is 1. The zero-order valence-corrected chi connectivity index (χ0v) is 23.0. The lowest BCUT2D eigenvalue weighted by Gasteiger charge is -2.44. The Labute approximate surface area is 231 Å². The largest absolute Gasteiger partial charge is 0.512 e. The van der Waals surface area contributed by atoms with Gasteiger partial charge in [0.05, 0.1) is 43.8 Å². The average Bonchev–Trinajstić information content (AvgIpc) is 3.51. The van der Waals surface area contributed by atoms with Crippen molar-refractivity contribution in [2.24, 2.45) is 0 Å². The van der Waals surface area contributed by atoms with E-state index in [-0.39, 0.29) is 19.2 Å². The van der Waals surface area contributed by atoms with E-state index in [2.05, 4.69) is 22.3 Å². The molecule has 0 atom stereocenters. The van der Waals surface area contributed by atoms with E-state index in [4.69, 9.17) is 25.4 Å². The fourth-order valence-corrected chi connectivity index (χ4v) is 6.10. The molecule has 0 unspecified atom stereocenters. The number of anilines is 2. The zero-order chi connectivity index (χ0) is 26.5. The van der Waals surface area contributed by atoms with Gasteiger partial charge in [-0.2, -0.15) is 4.37 Å². The number of hydrogen-bond acceptors (Lipinski definition) is 7. The molecule has 0 spiro atoms. The second kappa shape index (κ2) is 11.7. The van der Waals surface area contributed by atoms with E-state index in [9.17, 15) is 9.59 Å². The molecule has 2 aliphatic rings. The highest BCUT2D eigenvalue weighted by atomic mass is 35.5. The molecule has 3 aromatic rings. The van der Waals surface area contributed by atoms with E-state index >= 15 is 0 Å². The van der Waals surface area contributed by atoms with E-state index in [0.717, 1.165) is 61.8 Å². The number of benzene rings is 2. The summed E-state index contributed by atoms with van der Waals surface area (Å²) in [6.45, 7) is 6.37. The van der Waals surface area contributed by atoms with Crippen LogP contribution in [0.1, 0.15) is 24.5 Å². The molecular weight excluding hydrogens is 524 g/mol. The minimum absolute atomic E-state index is 0.0110. The number of nitrogens with one attached hydrogen (secondary N) is 1. The second-order valence-electron chi connectivity index (χ2n) is 9.79. The molecule has 1 fully saturated rings. The van der Waals surface area contributed by atoms with E-state index in [1.54, 1.807) is 0 Å². The Bertz CT molecular complexity index is 1350. The van der Waals surface area contributed by atoms with Crippen LogP contribution in [-0.4, -0.2) is 67.0 Å². The number of allylic oxidation sites excluding steroid dienone is 1. The molecule has 1 N–H and O–H groups in total. The van der Waals surface area contributed by atoms with Gasteiger partial charge in [-0.05, 0) is 47.3 Å². The first-order valence-corrected chi connectivity index (χ1v) is 14.1. The van der Waals surface area contributed by atoms with Crippen LogP contribution in [-0.2, 0) is 27.1 Å². The van der Waals surface area contributed by atoms with Gasteiger partial charge in [0.15, 0.2) is 5.82 Å². The lowest BCUT2D eigenvalue weighted by molar-refractivity contribution is -0.944. The Morgan fingerprint density at radius 1 is 1.21 bits per heavy atom. The van der Waals surface area contributed by atoms with Crippen molar-refractivity contribution in [3.63, 3.8) is 0 Å². The second-order valence-corrected chi connectivity index (χ2v) is 11.0. The van der Waals surface area contributed by atoms with Crippen LogP contribution < -0.4 is 10.2 Å². The van der Waals surface area contributed by atoms with Crippen LogP contribution in [0.5, 0.6) is 0 Å². The maximum atomic E-state index is 12.3. The predicted molar refractivity (Wildman–Crippen MR) is 151 cm³/mol. The third-order valence-corrected chi connectivity index (χ3v) is 8.42. The number of aromatic nitrogens is 1. The van der Waals surface area contributed by atoms with Crippen molar-refractivity contribution in [2.75, 3.05) is 56.3 Å². The lowest BCUT2D eigenvalue weighted by atomic mass is 10.0. The molecule has 0 radical (unpaired) electrons. The van der Waals surface area contributed by atoms with Crippen LogP contribution in [0.15, 0.2) is 48.6 Å². The monoisotopic (exact) mass is 555 g/mol. The highest BCUT2D eigenvalue weighted by molar-refractivity contribution is 7.13. The first kappa shape index (κ1) is 26.5. The van der Waals surface area contributed by atoms with E-state index in [0.29, 0.717) is 22.3 Å². The molecule has 0 bridgehead atoms. The number of piperazine rings is 1. The number of amides is 1. The highest BCUT2D eigenvalue weighted by Crippen LogP contribution is 2.32. The Balaban J connectivity index is 1.28. The Kier molecular flexibility index (Phi) is 8.16. The topological polar surface area (TPSA) is 80.8 Å². The fourth-order valence-electron chi connectivity index (χ4n) is 5.05. The smallest absolute Gasteiger partial charge is 0.430 e. The molecule has 1 amide bonds. The molecule has 200 valence electrons. The summed E-state index contributed by atoms with van der Waals surface area (Å²) in [5.41, 5.74) is 2.76. The number of fused-ring (bicyclic) bond motifs is 2. The summed E-state index contributed by atoms with van der Waals surface area (Å²) in [6, 6.07) is 12.2. The first-order chi connectivity index (χ1) is 18.5. The van der Waals surface area contributed by atoms with Gasteiger partial charge in [-0.15, -0.1) is 0 Å². The van der Waals surface area contributed by atoms with Crippen molar-refractivity contribution in [1.29, 1.82) is 0 Å². The maximum absolute atomic E-state index is 12.3. The Morgan fingerprint density at radius 3 is 2.84 bits per heavy atom. The number of carbonyl (C=O) groups excluding carboxylic acids is 2. The van der Waals surface area contributed by atoms with Gasteiger partial charge in [-0.25, -0.2) is 4.79 Å². The summed E-state index contributed by atoms with van der Waals surface area (Å²) < 4.78 is 17.3. The zero-order valence-electron chi connectivity index (χ0n) is 21.5. The van der Waals surface area contributed by atoms with Gasteiger partial charge in [0, 0.05) is 22.5 Å². The van der Waals surface area contributed by atoms with Crippen LogP contribution in [0.3, 0.4) is 0 Å². The lowest BCUT2D eigenvalue weighted by Crippen LogP contribution is -2.61. The van der Waals surface area contributed by atoms with Crippen LogP contribution in [0.4, 0.5) is 16.3 Å². The SMILES string of the molecule is CC/C=C/COC(=O)OC[N+]1(CCc2cc3c(cc2Cl)NC(=O)C3)CCN(c2nsc3ccccc23)CC1. The molecule has 2 aromatic carbocycles. The van der Waals surface area contributed by atoms with Crippen LogP contribution in [0, 0.1) is 0 Å². The van der Waals surface area contributed by atoms with Gasteiger partial charge < -0.3 is 19.7 Å². The van der Waals surface area contributed by atoms with Crippen LogP contribution in [0.25, 0.3) is 10.1 Å². The number of carbonyl (C=O) groups is 2. The molecule has 1 saturated heterocycles. The normalized spacial score (nSPS) is 16.6. The number of rotatable bonds is 9. The standard InChI is InChI=1S/C28H31ClN4O4S/c1-2-3-6-15-36-28(35)37-19-33(12-9-20-16-21-17-26(34)30-24(21)18-23(20)29)13-10-32(11-14-33)27-22-7-4-5-8-25(22)38-31-27/h3-8,16,18H,2,9-15,17,19H2,1H3/p+1/b6-3+. The van der Waals surface area contributed by atoms with Crippen molar-refractivity contribution in [1.82, 2.24) is 4.37 Å². The van der Waals surface area contributed by atoms with Gasteiger partial charge in [0.2, 0.25) is 12.6 Å². The van der Waals surface area contributed by atoms with E-state index in [1.807, 2.05) is 43.3 Å². The molecule has 8 nitrogen and oxygen atoms in total. The van der Waals surface area contributed by atoms with Crippen LogP contribution >= 0.6 is 23.1 Å². The van der Waals surface area contributed by atoms with Gasteiger partial charge >= 0.3 is 6.16 Å². The summed E-state index contributed by atoms with van der Waals surface area (Å²) in [5.74, 6) is 1.01. The Morgan fingerprint density at radius 2 is 2.03 bits per heavy atom. The minimum atomic E-state index is -0.656. The fraction of sp³-hybridized carbons (Fsp3) is 0.393. The molecule has 38 heavy (non-hydrogen) atoms. The summed E-state index contributed by atoms with van der Waals surface area (Å²) in [6.07, 6.45) is 5.08.